The lowest BCUT2D eigenvalue weighted by atomic mass is 10.1. The molecular formula is C15H18ClN5O3. The molecule has 0 spiro atoms. The first-order chi connectivity index (χ1) is 11.7. The Bertz CT molecular complexity index is 701. The molecule has 9 heteroatoms. The first kappa shape index (κ1) is 16.7. The van der Waals surface area contributed by atoms with Crippen LogP contribution in [0.4, 0.5) is 0 Å². The van der Waals surface area contributed by atoms with E-state index in [1.165, 1.54) is 18.1 Å². The molecule has 2 heterocycles. The molecule has 1 N–H and O–H groups in total. The number of hydrogen-bond donors (Lipinski definition) is 1. The molecule has 128 valence electrons. The zero-order chi connectivity index (χ0) is 16.9. The van der Waals surface area contributed by atoms with Gasteiger partial charge in [-0.1, -0.05) is 11.6 Å². The van der Waals surface area contributed by atoms with Crippen molar-refractivity contribution in [3.05, 3.63) is 29.0 Å². The summed E-state index contributed by atoms with van der Waals surface area (Å²) in [6.07, 6.45) is 4.58. The summed E-state index contributed by atoms with van der Waals surface area (Å²) in [4.78, 5) is 12.4. The molecule has 0 bridgehead atoms. The van der Waals surface area contributed by atoms with Gasteiger partial charge in [-0.25, -0.2) is 0 Å². The maximum absolute atomic E-state index is 12.4. The van der Waals surface area contributed by atoms with Gasteiger partial charge < -0.3 is 14.8 Å². The van der Waals surface area contributed by atoms with E-state index < -0.39 is 0 Å². The van der Waals surface area contributed by atoms with Crippen molar-refractivity contribution in [3.63, 3.8) is 0 Å². The fraction of sp³-hybridized carbons (Fsp3) is 0.467. The van der Waals surface area contributed by atoms with Crippen LogP contribution in [0.3, 0.4) is 0 Å². The van der Waals surface area contributed by atoms with Crippen LogP contribution in [0.25, 0.3) is 5.69 Å². The highest BCUT2D eigenvalue weighted by atomic mass is 35.5. The molecule has 2 aromatic rings. The zero-order valence-electron chi connectivity index (χ0n) is 13.2. The van der Waals surface area contributed by atoms with Crippen molar-refractivity contribution < 1.29 is 14.3 Å². The normalized spacial score (nSPS) is 17.0. The van der Waals surface area contributed by atoms with E-state index in [9.17, 15) is 4.79 Å². The Hall–Kier alpha value is -2.19. The highest BCUT2D eigenvalue weighted by molar-refractivity contribution is 6.33. The van der Waals surface area contributed by atoms with Gasteiger partial charge in [0.05, 0.1) is 29.5 Å². The average molecular weight is 352 g/mol. The highest BCUT2D eigenvalue weighted by Gasteiger charge is 2.19. The summed E-state index contributed by atoms with van der Waals surface area (Å²) >= 11 is 6.26. The number of halogens is 1. The van der Waals surface area contributed by atoms with Gasteiger partial charge in [-0.15, -0.1) is 5.10 Å². The molecule has 0 radical (unpaired) electrons. The van der Waals surface area contributed by atoms with Crippen molar-refractivity contribution in [3.8, 4) is 11.4 Å². The van der Waals surface area contributed by atoms with Crippen LogP contribution in [0.2, 0.25) is 5.02 Å². The molecule has 24 heavy (non-hydrogen) atoms. The average Bonchev–Trinajstić information content (AvgIpc) is 3.28. The van der Waals surface area contributed by atoms with Gasteiger partial charge in [0.25, 0.3) is 5.91 Å². The Morgan fingerprint density at radius 3 is 3.08 bits per heavy atom. The Morgan fingerprint density at radius 2 is 2.42 bits per heavy atom. The number of carbonyl (C=O) groups excluding carboxylic acids is 1. The van der Waals surface area contributed by atoms with E-state index in [2.05, 4.69) is 20.8 Å². The maximum atomic E-state index is 12.4. The van der Waals surface area contributed by atoms with Gasteiger partial charge in [-0.3, -0.25) is 4.79 Å². The lowest BCUT2D eigenvalue weighted by molar-refractivity contribution is 0.0905. The molecule has 0 aliphatic carbocycles. The van der Waals surface area contributed by atoms with E-state index in [1.807, 2.05) is 0 Å². The maximum Gasteiger partial charge on any atom is 0.255 e. The monoisotopic (exact) mass is 351 g/mol. The van der Waals surface area contributed by atoms with Crippen LogP contribution in [0, 0.1) is 0 Å². The first-order valence-corrected chi connectivity index (χ1v) is 8.07. The number of rotatable bonds is 6. The summed E-state index contributed by atoms with van der Waals surface area (Å²) in [5.74, 6) is 0.162. The molecule has 1 aliphatic rings. The van der Waals surface area contributed by atoms with Crippen LogP contribution in [0.5, 0.6) is 5.75 Å². The molecule has 8 nitrogen and oxygen atoms in total. The molecular weight excluding hydrogens is 334 g/mol. The third kappa shape index (κ3) is 3.65. The summed E-state index contributed by atoms with van der Waals surface area (Å²) in [7, 11) is 1.50. The fourth-order valence-electron chi connectivity index (χ4n) is 2.65. The smallest absolute Gasteiger partial charge is 0.255 e. The number of tetrazole rings is 1. The van der Waals surface area contributed by atoms with Crippen molar-refractivity contribution in [2.75, 3.05) is 20.3 Å². The number of methoxy groups -OCH3 is 1. The van der Waals surface area contributed by atoms with Crippen molar-refractivity contribution in [1.29, 1.82) is 0 Å². The van der Waals surface area contributed by atoms with Gasteiger partial charge in [0.1, 0.15) is 12.1 Å². The minimum absolute atomic E-state index is 0.234. The van der Waals surface area contributed by atoms with Crippen molar-refractivity contribution in [2.45, 2.75) is 25.4 Å². The Kier molecular flexibility index (Phi) is 5.27. The number of aromatic nitrogens is 4. The molecule has 1 amide bonds. The van der Waals surface area contributed by atoms with Gasteiger partial charge in [-0.05, 0) is 35.8 Å². The number of amides is 1. The van der Waals surface area contributed by atoms with Crippen LogP contribution in [0.1, 0.15) is 29.6 Å². The third-order valence-corrected chi connectivity index (χ3v) is 4.19. The van der Waals surface area contributed by atoms with Crippen molar-refractivity contribution >= 4 is 17.5 Å². The quantitative estimate of drug-likeness (QED) is 0.850. The van der Waals surface area contributed by atoms with Crippen LogP contribution >= 0.6 is 11.6 Å². The van der Waals surface area contributed by atoms with Gasteiger partial charge in [-0.2, -0.15) is 4.68 Å². The predicted molar refractivity (Wildman–Crippen MR) is 86.6 cm³/mol. The summed E-state index contributed by atoms with van der Waals surface area (Å²) in [5.41, 5.74) is 0.904. The van der Waals surface area contributed by atoms with Crippen molar-refractivity contribution in [2.24, 2.45) is 0 Å². The first-order valence-electron chi connectivity index (χ1n) is 7.69. The van der Waals surface area contributed by atoms with Crippen molar-refractivity contribution in [1.82, 2.24) is 25.5 Å². The van der Waals surface area contributed by atoms with E-state index in [-0.39, 0.29) is 12.0 Å². The number of carbonyl (C=O) groups is 1. The van der Waals surface area contributed by atoms with E-state index in [4.69, 9.17) is 21.1 Å². The Balaban J connectivity index is 1.72. The molecule has 1 aromatic heterocycles. The van der Waals surface area contributed by atoms with Crippen LogP contribution in [-0.2, 0) is 4.74 Å². The fourth-order valence-corrected chi connectivity index (χ4v) is 2.90. The predicted octanol–water partition coefficient (Wildman–Crippen LogP) is 1.62. The third-order valence-electron chi connectivity index (χ3n) is 3.89. The lowest BCUT2D eigenvalue weighted by Gasteiger charge is -2.13. The number of nitrogens with zero attached hydrogens (tertiary/aromatic N) is 4. The van der Waals surface area contributed by atoms with Gasteiger partial charge in [0.2, 0.25) is 0 Å². The summed E-state index contributed by atoms with van der Waals surface area (Å²) in [5, 5.41) is 14.2. The number of hydrogen-bond acceptors (Lipinski definition) is 6. The molecule has 1 saturated heterocycles. The molecule has 1 aromatic carbocycles. The molecule has 0 saturated carbocycles. The van der Waals surface area contributed by atoms with E-state index in [0.29, 0.717) is 28.6 Å². The minimum Gasteiger partial charge on any atom is -0.496 e. The molecule has 1 aliphatic heterocycles. The molecule has 3 rings (SSSR count). The van der Waals surface area contributed by atoms with E-state index >= 15 is 0 Å². The highest BCUT2D eigenvalue weighted by Crippen LogP contribution is 2.29. The Labute approximate surface area is 144 Å². The summed E-state index contributed by atoms with van der Waals surface area (Å²) in [6.45, 7) is 1.35. The second kappa shape index (κ2) is 7.59. The molecule has 1 atom stereocenters. The second-order valence-electron chi connectivity index (χ2n) is 5.44. The van der Waals surface area contributed by atoms with Crippen LogP contribution in [-0.4, -0.2) is 52.5 Å². The molecule has 0 unspecified atom stereocenters. The second-order valence-corrected chi connectivity index (χ2v) is 5.85. The standard InChI is InChI=1S/C15H18ClN5O3/c1-23-14-8-13(21-9-18-19-20-21)12(16)7-11(14)15(22)17-5-4-10-3-2-6-24-10/h7-10H,2-6H2,1H3,(H,17,22)/t10-/m0/s1. The van der Waals surface area contributed by atoms with Gasteiger partial charge >= 0.3 is 0 Å². The Morgan fingerprint density at radius 1 is 1.54 bits per heavy atom. The largest absolute Gasteiger partial charge is 0.496 e. The summed E-state index contributed by atoms with van der Waals surface area (Å²) in [6, 6.07) is 3.19. The van der Waals surface area contributed by atoms with Crippen LogP contribution in [0.15, 0.2) is 18.5 Å². The number of ether oxygens (including phenoxy) is 2. The minimum atomic E-state index is -0.241. The number of benzene rings is 1. The SMILES string of the molecule is COc1cc(-n2cnnn2)c(Cl)cc1C(=O)NCC[C@@H]1CCCO1. The lowest BCUT2D eigenvalue weighted by Crippen LogP contribution is -2.27. The van der Waals surface area contributed by atoms with Gasteiger partial charge in [0.15, 0.2) is 0 Å². The van der Waals surface area contributed by atoms with E-state index in [0.717, 1.165) is 25.9 Å². The zero-order valence-corrected chi connectivity index (χ0v) is 14.0. The van der Waals surface area contributed by atoms with Crippen LogP contribution < -0.4 is 10.1 Å². The van der Waals surface area contributed by atoms with Gasteiger partial charge in [0, 0.05) is 19.2 Å². The number of nitrogens with one attached hydrogen (secondary N) is 1. The summed E-state index contributed by atoms with van der Waals surface area (Å²) < 4.78 is 12.3. The molecule has 1 fully saturated rings. The van der Waals surface area contributed by atoms with E-state index in [1.54, 1.807) is 12.1 Å². The topological polar surface area (TPSA) is 91.2 Å².